The molecule has 1 aromatic carbocycles. The molecule has 88 valence electrons. The molecule has 1 heterocycles. The zero-order chi connectivity index (χ0) is 12.7. The maximum absolute atomic E-state index is 13.8. The number of aliphatic carboxylic acids is 1. The zero-order valence-corrected chi connectivity index (χ0v) is 9.32. The van der Waals surface area contributed by atoms with Crippen LogP contribution in [0.1, 0.15) is 15.9 Å². The second kappa shape index (κ2) is 3.69. The van der Waals surface area contributed by atoms with Crippen LogP contribution in [0.4, 0.5) is 4.39 Å². The third kappa shape index (κ3) is 1.69. The standard InChI is InChI=1S/C12H10FNO3/c1-6-5-14(2)10-8(6)3-7(4-9(10)13)11(15)12(16)17/h3-5H,1-2H3,(H,16,17). The lowest BCUT2D eigenvalue weighted by Gasteiger charge is -2.01. The Kier molecular flexibility index (Phi) is 2.46. The van der Waals surface area contributed by atoms with Crippen molar-refractivity contribution >= 4 is 22.7 Å². The highest BCUT2D eigenvalue weighted by Crippen LogP contribution is 2.24. The van der Waals surface area contributed by atoms with Gasteiger partial charge in [0.1, 0.15) is 5.82 Å². The van der Waals surface area contributed by atoms with Crippen molar-refractivity contribution in [1.82, 2.24) is 4.57 Å². The molecule has 0 saturated heterocycles. The minimum Gasteiger partial charge on any atom is -0.475 e. The molecule has 4 nitrogen and oxygen atoms in total. The van der Waals surface area contributed by atoms with Crippen LogP contribution in [-0.4, -0.2) is 21.4 Å². The van der Waals surface area contributed by atoms with E-state index >= 15 is 0 Å². The van der Waals surface area contributed by atoms with Gasteiger partial charge in [-0.15, -0.1) is 0 Å². The Hall–Kier alpha value is -2.17. The van der Waals surface area contributed by atoms with Crippen LogP contribution >= 0.6 is 0 Å². The smallest absolute Gasteiger partial charge is 0.377 e. The van der Waals surface area contributed by atoms with E-state index < -0.39 is 17.6 Å². The molecule has 5 heteroatoms. The van der Waals surface area contributed by atoms with E-state index in [0.717, 1.165) is 11.6 Å². The molecule has 0 aliphatic rings. The van der Waals surface area contributed by atoms with Gasteiger partial charge in [-0.1, -0.05) is 0 Å². The number of Topliss-reactive ketones (excluding diaryl/α,β-unsaturated/α-hetero) is 1. The third-order valence-electron chi connectivity index (χ3n) is 2.68. The molecule has 0 aliphatic heterocycles. The summed E-state index contributed by atoms with van der Waals surface area (Å²) in [5.74, 6) is -3.28. The second-order valence-electron chi connectivity index (χ2n) is 3.91. The molecule has 0 unspecified atom stereocenters. The van der Waals surface area contributed by atoms with E-state index in [4.69, 9.17) is 5.11 Å². The second-order valence-corrected chi connectivity index (χ2v) is 3.91. The van der Waals surface area contributed by atoms with Gasteiger partial charge in [0, 0.05) is 24.2 Å². The van der Waals surface area contributed by atoms with E-state index in [2.05, 4.69) is 0 Å². The Morgan fingerprint density at radius 1 is 1.35 bits per heavy atom. The highest BCUT2D eigenvalue weighted by molar-refractivity contribution is 6.40. The highest BCUT2D eigenvalue weighted by atomic mass is 19.1. The number of aromatic nitrogens is 1. The number of carboxylic acid groups (broad SMARTS) is 1. The number of ketones is 1. The molecule has 0 atom stereocenters. The first-order valence-corrected chi connectivity index (χ1v) is 4.94. The van der Waals surface area contributed by atoms with Gasteiger partial charge in [0.2, 0.25) is 0 Å². The van der Waals surface area contributed by atoms with E-state index in [1.54, 1.807) is 24.7 Å². The molecule has 17 heavy (non-hydrogen) atoms. The number of hydrogen-bond donors (Lipinski definition) is 1. The lowest BCUT2D eigenvalue weighted by molar-refractivity contribution is -0.131. The minimum atomic E-state index is -1.59. The Labute approximate surface area is 96.3 Å². The van der Waals surface area contributed by atoms with Crippen molar-refractivity contribution in [3.63, 3.8) is 0 Å². The van der Waals surface area contributed by atoms with Gasteiger partial charge in [-0.25, -0.2) is 9.18 Å². The van der Waals surface area contributed by atoms with Gasteiger partial charge in [-0.05, 0) is 24.6 Å². The van der Waals surface area contributed by atoms with Crippen LogP contribution in [0.2, 0.25) is 0 Å². The van der Waals surface area contributed by atoms with Gasteiger partial charge in [0.25, 0.3) is 5.78 Å². The molecule has 2 rings (SSSR count). The SMILES string of the molecule is Cc1cn(C)c2c(F)cc(C(=O)C(=O)O)cc12. The largest absolute Gasteiger partial charge is 0.475 e. The topological polar surface area (TPSA) is 59.3 Å². The monoisotopic (exact) mass is 235 g/mol. The van der Waals surface area contributed by atoms with Crippen LogP contribution in [0.3, 0.4) is 0 Å². The fraction of sp³-hybridized carbons (Fsp3) is 0.167. The number of hydrogen-bond acceptors (Lipinski definition) is 2. The molecule has 0 spiro atoms. The summed E-state index contributed by atoms with van der Waals surface area (Å²) in [4.78, 5) is 21.8. The number of aryl methyl sites for hydroxylation is 2. The number of carboxylic acids is 1. The van der Waals surface area contributed by atoms with Gasteiger partial charge in [-0.3, -0.25) is 4.79 Å². The highest BCUT2D eigenvalue weighted by Gasteiger charge is 2.18. The van der Waals surface area contributed by atoms with Gasteiger partial charge in [-0.2, -0.15) is 0 Å². The lowest BCUT2D eigenvalue weighted by atomic mass is 10.1. The summed E-state index contributed by atoms with van der Waals surface area (Å²) in [7, 11) is 1.69. The Morgan fingerprint density at radius 3 is 2.59 bits per heavy atom. The Bertz CT molecular complexity index is 643. The van der Waals surface area contributed by atoms with Crippen molar-refractivity contribution in [2.45, 2.75) is 6.92 Å². The molecule has 0 fully saturated rings. The first-order chi connectivity index (χ1) is 7.91. The molecule has 0 aliphatic carbocycles. The van der Waals surface area contributed by atoms with E-state index in [1.165, 1.54) is 6.07 Å². The predicted molar refractivity (Wildman–Crippen MR) is 59.6 cm³/mol. The molecule has 1 N–H and O–H groups in total. The fourth-order valence-corrected chi connectivity index (χ4v) is 1.94. The average molecular weight is 235 g/mol. The molecule has 0 bridgehead atoms. The van der Waals surface area contributed by atoms with Crippen molar-refractivity contribution in [2.75, 3.05) is 0 Å². The summed E-state index contributed by atoms with van der Waals surface area (Å²) >= 11 is 0. The van der Waals surface area contributed by atoms with E-state index in [-0.39, 0.29) is 5.56 Å². The van der Waals surface area contributed by atoms with Crippen LogP contribution < -0.4 is 0 Å². The Balaban J connectivity index is 2.75. The lowest BCUT2D eigenvalue weighted by Crippen LogP contribution is -2.13. The summed E-state index contributed by atoms with van der Waals surface area (Å²) in [6.45, 7) is 1.77. The van der Waals surface area contributed by atoms with Crippen molar-refractivity contribution in [1.29, 1.82) is 0 Å². The third-order valence-corrected chi connectivity index (χ3v) is 2.68. The number of benzene rings is 1. The summed E-state index contributed by atoms with van der Waals surface area (Å²) in [5.41, 5.74) is 1.02. The maximum Gasteiger partial charge on any atom is 0.377 e. The number of carbonyl (C=O) groups excluding carboxylic acids is 1. The molecule has 0 amide bonds. The predicted octanol–water partition coefficient (Wildman–Crippen LogP) is 1.89. The first-order valence-electron chi connectivity index (χ1n) is 4.94. The number of rotatable bonds is 2. The Morgan fingerprint density at radius 2 is 2.00 bits per heavy atom. The van der Waals surface area contributed by atoms with Crippen molar-refractivity contribution in [3.8, 4) is 0 Å². The number of halogens is 1. The van der Waals surface area contributed by atoms with Crippen LogP contribution in [0.25, 0.3) is 10.9 Å². The summed E-state index contributed by atoms with van der Waals surface area (Å²) < 4.78 is 15.4. The summed E-state index contributed by atoms with van der Waals surface area (Å²) in [6.07, 6.45) is 1.72. The van der Waals surface area contributed by atoms with Crippen LogP contribution in [0.5, 0.6) is 0 Å². The van der Waals surface area contributed by atoms with Gasteiger partial charge in [0.05, 0.1) is 5.52 Å². The van der Waals surface area contributed by atoms with Crippen LogP contribution in [0, 0.1) is 12.7 Å². The molecule has 1 aromatic heterocycles. The number of carbonyl (C=O) groups is 2. The number of nitrogens with zero attached hydrogens (tertiary/aromatic N) is 1. The van der Waals surface area contributed by atoms with Crippen LogP contribution in [-0.2, 0) is 11.8 Å². The van der Waals surface area contributed by atoms with Gasteiger partial charge < -0.3 is 9.67 Å². The van der Waals surface area contributed by atoms with Crippen LogP contribution in [0.15, 0.2) is 18.3 Å². The molecule has 0 radical (unpaired) electrons. The van der Waals surface area contributed by atoms with Crippen molar-refractivity contribution < 1.29 is 19.1 Å². The fourth-order valence-electron chi connectivity index (χ4n) is 1.94. The van der Waals surface area contributed by atoms with E-state index in [0.29, 0.717) is 10.9 Å². The minimum absolute atomic E-state index is 0.142. The molecular formula is C12H10FNO3. The van der Waals surface area contributed by atoms with Crippen molar-refractivity contribution in [2.24, 2.45) is 7.05 Å². The van der Waals surface area contributed by atoms with Gasteiger partial charge in [0.15, 0.2) is 0 Å². The molecule has 0 saturated carbocycles. The number of fused-ring (bicyclic) bond motifs is 1. The maximum atomic E-state index is 13.8. The normalized spacial score (nSPS) is 10.8. The zero-order valence-electron chi connectivity index (χ0n) is 9.32. The summed E-state index contributed by atoms with van der Waals surface area (Å²) in [5, 5.41) is 9.15. The summed E-state index contributed by atoms with van der Waals surface area (Å²) in [6, 6.07) is 2.36. The molecular weight excluding hydrogens is 225 g/mol. The quantitative estimate of drug-likeness (QED) is 0.638. The molecule has 2 aromatic rings. The van der Waals surface area contributed by atoms with E-state index in [9.17, 15) is 14.0 Å². The van der Waals surface area contributed by atoms with E-state index in [1.807, 2.05) is 0 Å². The van der Waals surface area contributed by atoms with Gasteiger partial charge >= 0.3 is 5.97 Å². The average Bonchev–Trinajstić information content (AvgIpc) is 2.53. The first kappa shape index (κ1) is 11.3. The van der Waals surface area contributed by atoms with Crippen molar-refractivity contribution in [3.05, 3.63) is 35.3 Å².